The van der Waals surface area contributed by atoms with Crippen LogP contribution in [-0.4, -0.2) is 54.6 Å². The van der Waals surface area contributed by atoms with Gasteiger partial charge in [-0.2, -0.15) is 0 Å². The molecule has 0 aliphatic carbocycles. The first-order valence-corrected chi connectivity index (χ1v) is 8.46. The lowest BCUT2D eigenvalue weighted by molar-refractivity contribution is -0.142. The molecule has 0 saturated carbocycles. The fourth-order valence-corrected chi connectivity index (χ4v) is 3.53. The van der Waals surface area contributed by atoms with E-state index in [0.717, 1.165) is 51.1 Å². The zero-order valence-electron chi connectivity index (χ0n) is 12.4. The summed E-state index contributed by atoms with van der Waals surface area (Å²) in [4.78, 5) is 16.5. The average Bonchev–Trinajstić information content (AvgIpc) is 3.05. The zero-order valence-corrected chi connectivity index (χ0v) is 13.9. The molecular formula is C16H20Cl2N2O2. The number of hydrogen-bond donors (Lipinski definition) is 0. The molecule has 0 spiro atoms. The van der Waals surface area contributed by atoms with E-state index in [1.807, 2.05) is 23.1 Å². The molecule has 2 saturated heterocycles. The fourth-order valence-electron chi connectivity index (χ4n) is 3.01. The molecule has 22 heavy (non-hydrogen) atoms. The van der Waals surface area contributed by atoms with Crippen LogP contribution in [-0.2, 0) is 16.1 Å². The molecule has 0 bridgehead atoms. The van der Waals surface area contributed by atoms with Crippen molar-refractivity contribution >= 4 is 29.1 Å². The maximum atomic E-state index is 12.3. The molecule has 4 nitrogen and oxygen atoms in total. The van der Waals surface area contributed by atoms with Gasteiger partial charge in [-0.05, 0) is 25.0 Å². The molecule has 2 fully saturated rings. The first-order valence-electron chi connectivity index (χ1n) is 7.71. The van der Waals surface area contributed by atoms with E-state index in [4.69, 9.17) is 27.9 Å². The van der Waals surface area contributed by atoms with E-state index in [2.05, 4.69) is 4.90 Å². The van der Waals surface area contributed by atoms with Crippen LogP contribution in [0.5, 0.6) is 0 Å². The lowest BCUT2D eigenvalue weighted by Gasteiger charge is -2.36. The van der Waals surface area contributed by atoms with Crippen LogP contribution in [0.3, 0.4) is 0 Å². The van der Waals surface area contributed by atoms with Gasteiger partial charge in [0.15, 0.2) is 0 Å². The number of nitrogens with zero attached hydrogens (tertiary/aromatic N) is 2. The van der Waals surface area contributed by atoms with Gasteiger partial charge in [-0.3, -0.25) is 9.69 Å². The largest absolute Gasteiger partial charge is 0.368 e. The highest BCUT2D eigenvalue weighted by molar-refractivity contribution is 6.35. The molecule has 2 heterocycles. The Labute approximate surface area is 140 Å². The lowest BCUT2D eigenvalue weighted by Crippen LogP contribution is -2.51. The second kappa shape index (κ2) is 7.18. The van der Waals surface area contributed by atoms with Crippen molar-refractivity contribution in [2.24, 2.45) is 0 Å². The van der Waals surface area contributed by atoms with E-state index in [1.165, 1.54) is 0 Å². The molecule has 0 radical (unpaired) electrons. The Morgan fingerprint density at radius 2 is 1.86 bits per heavy atom. The van der Waals surface area contributed by atoms with Crippen LogP contribution in [0.25, 0.3) is 0 Å². The Morgan fingerprint density at radius 3 is 2.45 bits per heavy atom. The third-order valence-electron chi connectivity index (χ3n) is 4.33. The van der Waals surface area contributed by atoms with E-state index in [1.54, 1.807) is 0 Å². The number of carbonyl (C=O) groups is 1. The molecule has 1 aromatic carbocycles. The monoisotopic (exact) mass is 342 g/mol. The summed E-state index contributed by atoms with van der Waals surface area (Å²) in [6.45, 7) is 4.57. The topological polar surface area (TPSA) is 32.8 Å². The number of ether oxygens (including phenoxy) is 1. The van der Waals surface area contributed by atoms with Crippen LogP contribution in [0, 0.1) is 0 Å². The fraction of sp³-hybridized carbons (Fsp3) is 0.562. The van der Waals surface area contributed by atoms with Gasteiger partial charge >= 0.3 is 0 Å². The van der Waals surface area contributed by atoms with Crippen LogP contribution in [0.4, 0.5) is 0 Å². The van der Waals surface area contributed by atoms with E-state index >= 15 is 0 Å². The number of rotatable bonds is 3. The van der Waals surface area contributed by atoms with Crippen LogP contribution in [0.15, 0.2) is 18.2 Å². The summed E-state index contributed by atoms with van der Waals surface area (Å²) in [7, 11) is 0. The maximum absolute atomic E-state index is 12.3. The summed E-state index contributed by atoms with van der Waals surface area (Å²) >= 11 is 12.4. The van der Waals surface area contributed by atoms with Crippen LogP contribution in [0.1, 0.15) is 18.4 Å². The van der Waals surface area contributed by atoms with Crippen LogP contribution < -0.4 is 0 Å². The summed E-state index contributed by atoms with van der Waals surface area (Å²) in [5, 5.41) is 1.40. The molecular weight excluding hydrogens is 323 g/mol. The number of piperazine rings is 1. The zero-order chi connectivity index (χ0) is 15.5. The van der Waals surface area contributed by atoms with E-state index < -0.39 is 0 Å². The molecule has 0 aromatic heterocycles. The van der Waals surface area contributed by atoms with Gasteiger partial charge in [0, 0.05) is 54.9 Å². The predicted molar refractivity (Wildman–Crippen MR) is 87.3 cm³/mol. The van der Waals surface area contributed by atoms with Crippen LogP contribution in [0.2, 0.25) is 10.0 Å². The molecule has 1 amide bonds. The molecule has 1 atom stereocenters. The lowest BCUT2D eigenvalue weighted by atomic mass is 10.1. The standard InChI is InChI=1S/C16H20Cl2N2O2/c17-13-3-1-4-14(18)12(13)11-19-6-8-20(9-7-19)16(21)15-5-2-10-22-15/h1,3-4,15H,2,5-11H2/t15-/m0/s1. The quantitative estimate of drug-likeness (QED) is 0.846. The minimum atomic E-state index is -0.218. The van der Waals surface area contributed by atoms with Gasteiger partial charge in [0.25, 0.3) is 5.91 Å². The Kier molecular flexibility index (Phi) is 5.24. The summed E-state index contributed by atoms with van der Waals surface area (Å²) in [6.07, 6.45) is 1.62. The van der Waals surface area contributed by atoms with Crippen molar-refractivity contribution in [3.8, 4) is 0 Å². The van der Waals surface area contributed by atoms with E-state index in [-0.39, 0.29) is 12.0 Å². The highest BCUT2D eigenvalue weighted by Crippen LogP contribution is 2.26. The summed E-state index contributed by atoms with van der Waals surface area (Å²) < 4.78 is 5.48. The maximum Gasteiger partial charge on any atom is 0.251 e. The average molecular weight is 343 g/mol. The van der Waals surface area contributed by atoms with Crippen molar-refractivity contribution < 1.29 is 9.53 Å². The number of benzene rings is 1. The van der Waals surface area contributed by atoms with Gasteiger partial charge in [0.1, 0.15) is 6.10 Å². The van der Waals surface area contributed by atoms with Gasteiger partial charge in [-0.1, -0.05) is 29.3 Å². The Balaban J connectivity index is 1.54. The first-order chi connectivity index (χ1) is 10.6. The second-order valence-electron chi connectivity index (χ2n) is 5.80. The first kappa shape index (κ1) is 16.1. The van der Waals surface area contributed by atoms with Crippen molar-refractivity contribution in [1.29, 1.82) is 0 Å². The predicted octanol–water partition coefficient (Wildman–Crippen LogP) is 2.82. The van der Waals surface area contributed by atoms with Gasteiger partial charge in [0.05, 0.1) is 0 Å². The molecule has 120 valence electrons. The SMILES string of the molecule is O=C([C@@H]1CCCO1)N1CCN(Cc2c(Cl)cccc2Cl)CC1. The number of carbonyl (C=O) groups excluding carboxylic acids is 1. The summed E-state index contributed by atoms with van der Waals surface area (Å²) in [5.41, 5.74) is 0.963. The normalized spacial score (nSPS) is 23.0. The summed E-state index contributed by atoms with van der Waals surface area (Å²) in [5.74, 6) is 0.146. The van der Waals surface area contributed by atoms with E-state index in [9.17, 15) is 4.79 Å². The van der Waals surface area contributed by atoms with Crippen molar-refractivity contribution in [1.82, 2.24) is 9.80 Å². The van der Waals surface area contributed by atoms with Crippen LogP contribution >= 0.6 is 23.2 Å². The third kappa shape index (κ3) is 3.57. The second-order valence-corrected chi connectivity index (χ2v) is 6.62. The van der Waals surface area contributed by atoms with Crippen molar-refractivity contribution in [3.63, 3.8) is 0 Å². The molecule has 3 rings (SSSR count). The Hall–Kier alpha value is -0.810. The van der Waals surface area contributed by atoms with Gasteiger partial charge in [-0.15, -0.1) is 0 Å². The van der Waals surface area contributed by atoms with Gasteiger partial charge < -0.3 is 9.64 Å². The summed E-state index contributed by atoms with van der Waals surface area (Å²) in [6, 6.07) is 5.58. The Bertz CT molecular complexity index is 519. The molecule has 0 unspecified atom stereocenters. The Morgan fingerprint density at radius 1 is 1.18 bits per heavy atom. The third-order valence-corrected chi connectivity index (χ3v) is 5.04. The van der Waals surface area contributed by atoms with Gasteiger partial charge in [0.2, 0.25) is 0 Å². The molecule has 2 aliphatic heterocycles. The minimum Gasteiger partial charge on any atom is -0.368 e. The highest BCUT2D eigenvalue weighted by atomic mass is 35.5. The molecule has 2 aliphatic rings. The smallest absolute Gasteiger partial charge is 0.251 e. The van der Waals surface area contributed by atoms with Gasteiger partial charge in [-0.25, -0.2) is 0 Å². The number of halogens is 2. The molecule has 0 N–H and O–H groups in total. The van der Waals surface area contributed by atoms with E-state index in [0.29, 0.717) is 16.7 Å². The number of amides is 1. The van der Waals surface area contributed by atoms with Crippen molar-refractivity contribution in [2.75, 3.05) is 32.8 Å². The minimum absolute atomic E-state index is 0.146. The molecule has 1 aromatic rings. The number of hydrogen-bond acceptors (Lipinski definition) is 3. The van der Waals surface area contributed by atoms with Crippen molar-refractivity contribution in [2.45, 2.75) is 25.5 Å². The highest BCUT2D eigenvalue weighted by Gasteiger charge is 2.30. The van der Waals surface area contributed by atoms with Crippen molar-refractivity contribution in [3.05, 3.63) is 33.8 Å². The molecule has 6 heteroatoms.